The summed E-state index contributed by atoms with van der Waals surface area (Å²) in [6.45, 7) is 13.6. The molecule has 0 saturated carbocycles. The second-order valence-electron chi connectivity index (χ2n) is 15.6. The molecular formula is C47H43N3O. The van der Waals surface area contributed by atoms with Crippen molar-refractivity contribution in [3.05, 3.63) is 186 Å². The Hall–Kier alpha value is -5.74. The van der Waals surface area contributed by atoms with Gasteiger partial charge in [-0.3, -0.25) is 4.98 Å². The first-order valence-corrected chi connectivity index (χ1v) is 17.7. The molecule has 0 saturated heterocycles. The number of hydrogen-bond donors (Lipinski definition) is 0. The van der Waals surface area contributed by atoms with Gasteiger partial charge in [0.05, 0.1) is 28.3 Å². The van der Waals surface area contributed by atoms with Gasteiger partial charge >= 0.3 is 0 Å². The Morgan fingerprint density at radius 1 is 0.490 bits per heavy atom. The molecule has 0 atom stereocenters. The van der Waals surface area contributed by atoms with Crippen LogP contribution in [0.25, 0.3) is 38.9 Å². The predicted molar refractivity (Wildman–Crippen MR) is 210 cm³/mol. The first kappa shape index (κ1) is 32.5. The van der Waals surface area contributed by atoms with Crippen LogP contribution < -0.4 is 0 Å². The van der Waals surface area contributed by atoms with Crippen LogP contribution in [0.15, 0.2) is 157 Å². The summed E-state index contributed by atoms with van der Waals surface area (Å²) in [6.07, 6.45) is 5.23. The topological polar surface area (TPSA) is 43.9 Å². The highest BCUT2D eigenvalue weighted by Gasteiger charge is 2.40. The molecule has 8 aromatic rings. The first-order valence-electron chi connectivity index (χ1n) is 17.7. The van der Waals surface area contributed by atoms with Crippen LogP contribution >= 0.6 is 0 Å². The SMILES string of the molecule is CC(C)(C)c1ccc(C(c2ccc(C(C)(C)C)cc2)(c2cccc(-n3c4ccccc4c4ccc(-c5ncco5)cc43)c2)c2ccccn2)cc1. The molecular weight excluding hydrogens is 623 g/mol. The van der Waals surface area contributed by atoms with Gasteiger partial charge in [0.15, 0.2) is 0 Å². The van der Waals surface area contributed by atoms with Crippen molar-refractivity contribution in [3.8, 4) is 17.1 Å². The van der Waals surface area contributed by atoms with E-state index in [1.807, 2.05) is 12.3 Å². The minimum absolute atomic E-state index is 0.0288. The Labute approximate surface area is 300 Å². The molecule has 0 aliphatic heterocycles. The third-order valence-corrected chi connectivity index (χ3v) is 10.3. The van der Waals surface area contributed by atoms with Gasteiger partial charge in [-0.15, -0.1) is 0 Å². The third-order valence-electron chi connectivity index (χ3n) is 10.3. The molecule has 4 nitrogen and oxygen atoms in total. The van der Waals surface area contributed by atoms with Crippen LogP contribution in [-0.4, -0.2) is 14.5 Å². The van der Waals surface area contributed by atoms with Gasteiger partial charge < -0.3 is 8.98 Å². The minimum Gasteiger partial charge on any atom is -0.445 e. The van der Waals surface area contributed by atoms with Crippen molar-refractivity contribution in [1.82, 2.24) is 14.5 Å². The van der Waals surface area contributed by atoms with E-state index in [9.17, 15) is 0 Å². The summed E-state index contributed by atoms with van der Waals surface area (Å²) >= 11 is 0. The molecule has 0 aliphatic rings. The highest BCUT2D eigenvalue weighted by Crippen LogP contribution is 2.46. The summed E-state index contributed by atoms with van der Waals surface area (Å²) in [5.74, 6) is 0.606. The van der Waals surface area contributed by atoms with E-state index in [4.69, 9.17) is 9.40 Å². The Balaban J connectivity index is 1.43. The zero-order chi connectivity index (χ0) is 35.4. The average Bonchev–Trinajstić information content (AvgIpc) is 3.79. The fraction of sp³-hybridized carbons (Fsp3) is 0.191. The number of benzene rings is 5. The number of pyridine rings is 1. The van der Waals surface area contributed by atoms with Gasteiger partial charge in [-0.2, -0.15) is 0 Å². The molecule has 4 heteroatoms. The number of nitrogens with zero attached hydrogens (tertiary/aromatic N) is 3. The number of fused-ring (bicyclic) bond motifs is 3. The normalized spacial score (nSPS) is 12.5. The molecule has 5 aromatic carbocycles. The molecule has 0 fully saturated rings. The molecule has 0 bridgehead atoms. The highest BCUT2D eigenvalue weighted by atomic mass is 16.3. The van der Waals surface area contributed by atoms with Gasteiger partial charge in [0, 0.05) is 28.2 Å². The monoisotopic (exact) mass is 665 g/mol. The van der Waals surface area contributed by atoms with Crippen LogP contribution in [0, 0.1) is 0 Å². The largest absolute Gasteiger partial charge is 0.445 e. The molecule has 8 rings (SSSR count). The molecule has 51 heavy (non-hydrogen) atoms. The Bertz CT molecular complexity index is 2400. The lowest BCUT2D eigenvalue weighted by Gasteiger charge is -2.37. The Kier molecular flexibility index (Phi) is 7.79. The standard InChI is InChI=1S/C47H43N3O/c1-45(2,3)33-18-22-35(23-19-33)47(43-16-9-10-27-48-43,36-24-20-34(21-25-36)46(4,5)6)37-12-11-13-38(31-37)50-41-15-8-7-14-39(41)40-26-17-32(30-42(40)50)44-49-28-29-51-44/h7-31H,1-6H3. The Morgan fingerprint density at radius 3 is 1.73 bits per heavy atom. The number of hydrogen-bond acceptors (Lipinski definition) is 3. The van der Waals surface area contributed by atoms with Gasteiger partial charge in [-0.1, -0.05) is 133 Å². The van der Waals surface area contributed by atoms with Crippen molar-refractivity contribution in [2.75, 3.05) is 0 Å². The smallest absolute Gasteiger partial charge is 0.225 e. The van der Waals surface area contributed by atoms with Crippen LogP contribution in [0.4, 0.5) is 0 Å². The maximum absolute atomic E-state index is 5.73. The van der Waals surface area contributed by atoms with Gasteiger partial charge in [0.1, 0.15) is 6.26 Å². The van der Waals surface area contributed by atoms with Crippen molar-refractivity contribution >= 4 is 21.8 Å². The summed E-state index contributed by atoms with van der Waals surface area (Å²) < 4.78 is 8.10. The number of oxazole rings is 1. The second kappa shape index (κ2) is 12.2. The van der Waals surface area contributed by atoms with Crippen molar-refractivity contribution in [3.63, 3.8) is 0 Å². The summed E-state index contributed by atoms with van der Waals surface area (Å²) in [7, 11) is 0. The molecule has 3 heterocycles. The van der Waals surface area contributed by atoms with Crippen molar-refractivity contribution in [2.24, 2.45) is 0 Å². The van der Waals surface area contributed by atoms with E-state index in [1.54, 1.807) is 12.5 Å². The van der Waals surface area contributed by atoms with Crippen LogP contribution in [0.5, 0.6) is 0 Å². The van der Waals surface area contributed by atoms with Gasteiger partial charge in [0.25, 0.3) is 0 Å². The van der Waals surface area contributed by atoms with E-state index in [-0.39, 0.29) is 10.8 Å². The van der Waals surface area contributed by atoms with E-state index >= 15 is 0 Å². The summed E-state index contributed by atoms with van der Waals surface area (Å²) in [5.41, 5.74) is 10.6. The van der Waals surface area contributed by atoms with Crippen molar-refractivity contribution in [1.29, 1.82) is 0 Å². The lowest BCUT2D eigenvalue weighted by Crippen LogP contribution is -2.32. The van der Waals surface area contributed by atoms with Crippen LogP contribution in [0.3, 0.4) is 0 Å². The maximum Gasteiger partial charge on any atom is 0.225 e. The quantitative estimate of drug-likeness (QED) is 0.166. The number of aromatic nitrogens is 3. The predicted octanol–water partition coefficient (Wildman–Crippen LogP) is 11.8. The fourth-order valence-corrected chi connectivity index (χ4v) is 7.59. The van der Waals surface area contributed by atoms with E-state index < -0.39 is 5.41 Å². The van der Waals surface area contributed by atoms with Crippen molar-refractivity contribution < 1.29 is 4.42 Å². The molecule has 252 valence electrons. The Morgan fingerprint density at radius 2 is 1.12 bits per heavy atom. The lowest BCUT2D eigenvalue weighted by atomic mass is 9.66. The van der Waals surface area contributed by atoms with E-state index in [2.05, 4.69) is 178 Å². The van der Waals surface area contributed by atoms with E-state index in [0.717, 1.165) is 33.5 Å². The first-order chi connectivity index (χ1) is 24.5. The fourth-order valence-electron chi connectivity index (χ4n) is 7.59. The van der Waals surface area contributed by atoms with Crippen LogP contribution in [0.2, 0.25) is 0 Å². The zero-order valence-electron chi connectivity index (χ0n) is 30.2. The molecule has 0 radical (unpaired) electrons. The van der Waals surface area contributed by atoms with Gasteiger partial charge in [-0.05, 0) is 81.1 Å². The minimum atomic E-state index is -0.702. The molecule has 0 amide bonds. The summed E-state index contributed by atoms with van der Waals surface area (Å²) in [6, 6.07) is 48.8. The lowest BCUT2D eigenvalue weighted by molar-refractivity contribution is 0.574. The van der Waals surface area contributed by atoms with Gasteiger partial charge in [0.2, 0.25) is 5.89 Å². The van der Waals surface area contributed by atoms with Crippen LogP contribution in [-0.2, 0) is 16.2 Å². The molecule has 0 N–H and O–H groups in total. The third kappa shape index (κ3) is 5.56. The van der Waals surface area contributed by atoms with Crippen LogP contribution in [0.1, 0.15) is 75.1 Å². The maximum atomic E-state index is 5.73. The average molecular weight is 666 g/mol. The number of para-hydroxylation sites is 1. The van der Waals surface area contributed by atoms with E-state index in [0.29, 0.717) is 5.89 Å². The van der Waals surface area contributed by atoms with Gasteiger partial charge in [-0.25, -0.2) is 4.98 Å². The molecule has 0 unspecified atom stereocenters. The summed E-state index contributed by atoms with van der Waals surface area (Å²) in [4.78, 5) is 9.59. The van der Waals surface area contributed by atoms with Crippen molar-refractivity contribution in [2.45, 2.75) is 57.8 Å². The van der Waals surface area contributed by atoms with E-state index in [1.165, 1.54) is 33.0 Å². The summed E-state index contributed by atoms with van der Waals surface area (Å²) in [5, 5.41) is 2.38. The highest BCUT2D eigenvalue weighted by molar-refractivity contribution is 6.10. The molecule has 0 aliphatic carbocycles. The molecule has 0 spiro atoms. The number of rotatable bonds is 6. The second-order valence-corrected chi connectivity index (χ2v) is 15.6. The zero-order valence-corrected chi connectivity index (χ0v) is 30.2. The molecule has 3 aromatic heterocycles.